The highest BCUT2D eigenvalue weighted by Gasteiger charge is 2.14. The number of hydrogen-bond acceptors (Lipinski definition) is 3. The zero-order chi connectivity index (χ0) is 15.5. The molecule has 116 valence electrons. The van der Waals surface area contributed by atoms with Crippen molar-refractivity contribution in [2.75, 3.05) is 18.5 Å². The molecule has 0 fully saturated rings. The molecular weight excluding hydrogens is 268 g/mol. The fourth-order valence-electron chi connectivity index (χ4n) is 1.86. The van der Waals surface area contributed by atoms with Crippen LogP contribution in [0.25, 0.3) is 0 Å². The van der Waals surface area contributed by atoms with Crippen LogP contribution in [0.4, 0.5) is 5.69 Å². The number of amides is 2. The van der Waals surface area contributed by atoms with E-state index in [1.54, 1.807) is 18.2 Å². The van der Waals surface area contributed by atoms with E-state index in [2.05, 4.69) is 17.6 Å². The predicted molar refractivity (Wildman–Crippen MR) is 83.4 cm³/mol. The Kier molecular flexibility index (Phi) is 7.94. The molecule has 1 aromatic carbocycles. The van der Waals surface area contributed by atoms with Gasteiger partial charge in [-0.25, -0.2) is 0 Å². The van der Waals surface area contributed by atoms with Crippen molar-refractivity contribution in [3.8, 4) is 5.75 Å². The van der Waals surface area contributed by atoms with Crippen LogP contribution in [0.15, 0.2) is 24.3 Å². The van der Waals surface area contributed by atoms with Crippen LogP contribution in [0.1, 0.15) is 39.5 Å². The zero-order valence-electron chi connectivity index (χ0n) is 12.8. The van der Waals surface area contributed by atoms with Crippen molar-refractivity contribution in [2.24, 2.45) is 0 Å². The second-order valence-corrected chi connectivity index (χ2v) is 4.70. The van der Waals surface area contributed by atoms with Crippen molar-refractivity contribution in [1.29, 1.82) is 0 Å². The Hall–Kier alpha value is -2.04. The first-order valence-corrected chi connectivity index (χ1v) is 7.50. The van der Waals surface area contributed by atoms with Crippen LogP contribution < -0.4 is 15.4 Å². The lowest BCUT2D eigenvalue weighted by Gasteiger charge is -2.11. The molecule has 0 saturated carbocycles. The molecule has 0 radical (unpaired) electrons. The summed E-state index contributed by atoms with van der Waals surface area (Å²) in [6.45, 7) is 5.01. The molecule has 0 aliphatic carbocycles. The van der Waals surface area contributed by atoms with Gasteiger partial charge in [-0.15, -0.1) is 0 Å². The Morgan fingerprint density at radius 2 is 1.81 bits per heavy atom. The molecule has 0 aliphatic rings. The number of nitrogens with one attached hydrogen (secondary N) is 2. The predicted octanol–water partition coefficient (Wildman–Crippen LogP) is 2.72. The van der Waals surface area contributed by atoms with E-state index in [0.29, 0.717) is 24.6 Å². The maximum Gasteiger partial charge on any atom is 0.313 e. The van der Waals surface area contributed by atoms with E-state index >= 15 is 0 Å². The Balaban J connectivity index is 2.43. The fraction of sp³-hybridized carbons (Fsp3) is 0.500. The van der Waals surface area contributed by atoms with Gasteiger partial charge in [-0.2, -0.15) is 0 Å². The SMILES string of the molecule is CCCCCCNC(=O)C(=O)Nc1ccccc1OCC. The summed E-state index contributed by atoms with van der Waals surface area (Å²) in [5.74, 6) is -0.723. The Bertz CT molecular complexity index is 461. The minimum atomic E-state index is -0.669. The summed E-state index contributed by atoms with van der Waals surface area (Å²) in [5.41, 5.74) is 0.505. The van der Waals surface area contributed by atoms with E-state index < -0.39 is 11.8 Å². The van der Waals surface area contributed by atoms with Gasteiger partial charge in [0.25, 0.3) is 0 Å². The molecule has 21 heavy (non-hydrogen) atoms. The lowest BCUT2D eigenvalue weighted by molar-refractivity contribution is -0.136. The highest BCUT2D eigenvalue weighted by Crippen LogP contribution is 2.23. The molecule has 2 amide bonds. The number of ether oxygens (including phenoxy) is 1. The quantitative estimate of drug-likeness (QED) is 0.572. The third-order valence-corrected chi connectivity index (χ3v) is 2.96. The average molecular weight is 292 g/mol. The lowest BCUT2D eigenvalue weighted by Crippen LogP contribution is -2.36. The highest BCUT2D eigenvalue weighted by atomic mass is 16.5. The number of anilines is 1. The Morgan fingerprint density at radius 1 is 1.05 bits per heavy atom. The first-order valence-electron chi connectivity index (χ1n) is 7.50. The second-order valence-electron chi connectivity index (χ2n) is 4.70. The first-order chi connectivity index (χ1) is 10.2. The number of unbranched alkanes of at least 4 members (excludes halogenated alkanes) is 3. The van der Waals surface area contributed by atoms with E-state index in [4.69, 9.17) is 4.74 Å². The van der Waals surface area contributed by atoms with Gasteiger partial charge in [-0.3, -0.25) is 9.59 Å². The molecule has 0 atom stereocenters. The van der Waals surface area contributed by atoms with Crippen LogP contribution in [-0.4, -0.2) is 25.0 Å². The molecule has 0 bridgehead atoms. The summed E-state index contributed by atoms with van der Waals surface area (Å²) >= 11 is 0. The van der Waals surface area contributed by atoms with Gasteiger partial charge < -0.3 is 15.4 Å². The molecule has 1 aromatic rings. The summed E-state index contributed by atoms with van der Waals surface area (Å²) in [4.78, 5) is 23.5. The Morgan fingerprint density at radius 3 is 2.52 bits per heavy atom. The molecule has 0 saturated heterocycles. The van der Waals surface area contributed by atoms with E-state index in [1.807, 2.05) is 13.0 Å². The molecule has 0 aromatic heterocycles. The zero-order valence-corrected chi connectivity index (χ0v) is 12.8. The van der Waals surface area contributed by atoms with Crippen molar-refractivity contribution in [1.82, 2.24) is 5.32 Å². The third kappa shape index (κ3) is 6.29. The molecule has 2 N–H and O–H groups in total. The average Bonchev–Trinajstić information content (AvgIpc) is 2.49. The van der Waals surface area contributed by atoms with E-state index in [9.17, 15) is 9.59 Å². The second kappa shape index (κ2) is 9.80. The number of carbonyl (C=O) groups is 2. The van der Waals surface area contributed by atoms with Crippen LogP contribution >= 0.6 is 0 Å². The first kappa shape index (κ1) is 17.0. The molecule has 0 unspecified atom stereocenters. The summed E-state index contributed by atoms with van der Waals surface area (Å²) in [7, 11) is 0. The van der Waals surface area contributed by atoms with Gasteiger partial charge >= 0.3 is 11.8 Å². The van der Waals surface area contributed by atoms with Crippen molar-refractivity contribution in [3.05, 3.63) is 24.3 Å². The number of carbonyl (C=O) groups excluding carboxylic acids is 2. The van der Waals surface area contributed by atoms with Gasteiger partial charge in [0.1, 0.15) is 5.75 Å². The minimum absolute atomic E-state index is 0.497. The standard InChI is InChI=1S/C16H24N2O3/c1-3-5-6-9-12-17-15(19)16(20)18-13-10-7-8-11-14(13)21-4-2/h7-8,10-11H,3-6,9,12H2,1-2H3,(H,17,19)(H,18,20). The normalized spacial score (nSPS) is 10.0. The van der Waals surface area contributed by atoms with E-state index in [1.165, 1.54) is 0 Å². The third-order valence-electron chi connectivity index (χ3n) is 2.96. The minimum Gasteiger partial charge on any atom is -0.492 e. The van der Waals surface area contributed by atoms with Gasteiger partial charge in [0.15, 0.2) is 0 Å². The van der Waals surface area contributed by atoms with Crippen LogP contribution in [0, 0.1) is 0 Å². The smallest absolute Gasteiger partial charge is 0.313 e. The van der Waals surface area contributed by atoms with Crippen molar-refractivity contribution in [3.63, 3.8) is 0 Å². The fourth-order valence-corrected chi connectivity index (χ4v) is 1.86. The van der Waals surface area contributed by atoms with Gasteiger partial charge in [0, 0.05) is 6.54 Å². The summed E-state index contributed by atoms with van der Waals surface area (Å²) in [5, 5.41) is 5.19. The lowest BCUT2D eigenvalue weighted by atomic mass is 10.2. The van der Waals surface area contributed by atoms with Gasteiger partial charge in [-0.05, 0) is 25.5 Å². The molecule has 0 heterocycles. The van der Waals surface area contributed by atoms with Crippen molar-refractivity contribution < 1.29 is 14.3 Å². The number of benzene rings is 1. The number of hydrogen-bond donors (Lipinski definition) is 2. The van der Waals surface area contributed by atoms with Crippen molar-refractivity contribution in [2.45, 2.75) is 39.5 Å². The maximum atomic E-state index is 11.8. The van der Waals surface area contributed by atoms with Crippen LogP contribution in [0.3, 0.4) is 0 Å². The molecule has 0 aliphatic heterocycles. The molecular formula is C16H24N2O3. The van der Waals surface area contributed by atoms with E-state index in [0.717, 1.165) is 25.7 Å². The largest absolute Gasteiger partial charge is 0.492 e. The maximum absolute atomic E-state index is 11.8. The van der Waals surface area contributed by atoms with E-state index in [-0.39, 0.29) is 0 Å². The molecule has 1 rings (SSSR count). The Labute approximate surface area is 126 Å². The summed E-state index contributed by atoms with van der Waals surface area (Å²) in [6.07, 6.45) is 4.24. The van der Waals surface area contributed by atoms with Crippen LogP contribution in [-0.2, 0) is 9.59 Å². The molecule has 5 heteroatoms. The molecule has 0 spiro atoms. The van der Waals surface area contributed by atoms with Gasteiger partial charge in [-0.1, -0.05) is 38.3 Å². The van der Waals surface area contributed by atoms with Gasteiger partial charge in [0.05, 0.1) is 12.3 Å². The number of para-hydroxylation sites is 2. The molecule has 5 nitrogen and oxygen atoms in total. The highest BCUT2D eigenvalue weighted by molar-refractivity contribution is 6.39. The van der Waals surface area contributed by atoms with Crippen molar-refractivity contribution >= 4 is 17.5 Å². The van der Waals surface area contributed by atoms with Crippen LogP contribution in [0.2, 0.25) is 0 Å². The topological polar surface area (TPSA) is 67.4 Å². The van der Waals surface area contributed by atoms with Gasteiger partial charge in [0.2, 0.25) is 0 Å². The number of rotatable bonds is 8. The summed E-state index contributed by atoms with van der Waals surface area (Å²) < 4.78 is 5.40. The van der Waals surface area contributed by atoms with Crippen LogP contribution in [0.5, 0.6) is 5.75 Å². The monoisotopic (exact) mass is 292 g/mol. The summed E-state index contributed by atoms with van der Waals surface area (Å²) in [6, 6.07) is 7.05.